The number of carbonyl (C=O) groups is 1. The molecule has 0 spiro atoms. The minimum absolute atomic E-state index is 0.0181. The molecule has 8 heteroatoms. The highest BCUT2D eigenvalue weighted by Crippen LogP contribution is 2.27. The summed E-state index contributed by atoms with van der Waals surface area (Å²) in [4.78, 5) is 18.7. The lowest BCUT2D eigenvalue weighted by atomic mass is 10.2. The molecule has 1 amide bonds. The number of thioether (sulfide) groups is 1. The van der Waals surface area contributed by atoms with E-state index in [1.54, 1.807) is 12.4 Å². The van der Waals surface area contributed by atoms with Crippen molar-refractivity contribution in [2.75, 3.05) is 30.8 Å². The quantitative estimate of drug-likeness (QED) is 0.285. The van der Waals surface area contributed by atoms with Gasteiger partial charge in [-0.1, -0.05) is 48.2 Å². The minimum atomic E-state index is -0.0181. The average Bonchev–Trinajstić information content (AvgIpc) is 3.31. The van der Waals surface area contributed by atoms with E-state index in [4.69, 9.17) is 0 Å². The number of rotatable bonds is 10. The molecular weight excluding hydrogens is 432 g/mol. The Morgan fingerprint density at radius 2 is 1.67 bits per heavy atom. The Bertz CT molecular complexity index is 1150. The molecule has 0 aliphatic rings. The van der Waals surface area contributed by atoms with Gasteiger partial charge in [-0.15, -0.1) is 10.2 Å². The van der Waals surface area contributed by atoms with Crippen molar-refractivity contribution in [3.8, 4) is 17.1 Å². The number of hydrogen-bond donors (Lipinski definition) is 1. The number of benzene rings is 2. The molecule has 0 saturated carbocycles. The van der Waals surface area contributed by atoms with Gasteiger partial charge in [-0.25, -0.2) is 0 Å². The summed E-state index contributed by atoms with van der Waals surface area (Å²) in [6.45, 7) is 1.50. The van der Waals surface area contributed by atoms with Gasteiger partial charge < -0.3 is 10.2 Å². The smallest absolute Gasteiger partial charge is 0.230 e. The van der Waals surface area contributed by atoms with Crippen LogP contribution in [0.2, 0.25) is 0 Å². The zero-order valence-corrected chi connectivity index (χ0v) is 19.3. The van der Waals surface area contributed by atoms with E-state index in [1.165, 1.54) is 17.4 Å². The summed E-state index contributed by atoms with van der Waals surface area (Å²) in [7, 11) is 2.06. The molecule has 33 heavy (non-hydrogen) atoms. The third-order valence-corrected chi connectivity index (χ3v) is 6.04. The molecule has 0 radical (unpaired) electrons. The summed E-state index contributed by atoms with van der Waals surface area (Å²) in [6, 6.07) is 23.9. The first-order valence-corrected chi connectivity index (χ1v) is 11.8. The van der Waals surface area contributed by atoms with Crippen LogP contribution in [0.25, 0.3) is 17.1 Å². The molecule has 2 heterocycles. The Balaban J connectivity index is 1.34. The second kappa shape index (κ2) is 11.3. The van der Waals surface area contributed by atoms with E-state index in [-0.39, 0.29) is 11.7 Å². The minimum Gasteiger partial charge on any atom is -0.375 e. The van der Waals surface area contributed by atoms with Crippen LogP contribution < -0.4 is 10.2 Å². The Labute approximate surface area is 197 Å². The predicted molar refractivity (Wildman–Crippen MR) is 133 cm³/mol. The van der Waals surface area contributed by atoms with Gasteiger partial charge in [0.25, 0.3) is 0 Å². The first-order chi connectivity index (χ1) is 16.2. The van der Waals surface area contributed by atoms with Gasteiger partial charge in [0.2, 0.25) is 5.91 Å². The first-order valence-electron chi connectivity index (χ1n) is 10.8. The lowest BCUT2D eigenvalue weighted by Crippen LogP contribution is -2.29. The fourth-order valence-corrected chi connectivity index (χ4v) is 4.18. The fourth-order valence-electron chi connectivity index (χ4n) is 3.40. The highest BCUT2D eigenvalue weighted by molar-refractivity contribution is 7.99. The van der Waals surface area contributed by atoms with Crippen LogP contribution in [-0.4, -0.2) is 51.5 Å². The van der Waals surface area contributed by atoms with Crippen LogP contribution in [0.4, 0.5) is 5.69 Å². The van der Waals surface area contributed by atoms with Crippen LogP contribution in [0.15, 0.2) is 90.3 Å². The molecule has 0 unspecified atom stereocenters. The summed E-state index contributed by atoms with van der Waals surface area (Å²) >= 11 is 1.38. The molecule has 0 saturated heterocycles. The maximum atomic E-state index is 12.4. The predicted octanol–water partition coefficient (Wildman–Crippen LogP) is 4.06. The number of para-hydroxylation sites is 2. The molecule has 1 N–H and O–H groups in total. The molecule has 4 rings (SSSR count). The van der Waals surface area contributed by atoms with Crippen molar-refractivity contribution in [3.63, 3.8) is 0 Å². The van der Waals surface area contributed by atoms with Gasteiger partial charge in [0.05, 0.1) is 5.75 Å². The Morgan fingerprint density at radius 1 is 0.970 bits per heavy atom. The van der Waals surface area contributed by atoms with E-state index in [0.717, 1.165) is 30.0 Å². The Hall–Kier alpha value is -3.65. The molecule has 0 atom stereocenters. The fraction of sp³-hybridized carbons (Fsp3) is 0.200. The van der Waals surface area contributed by atoms with Crippen LogP contribution >= 0.6 is 11.8 Å². The van der Waals surface area contributed by atoms with Crippen LogP contribution in [-0.2, 0) is 4.79 Å². The van der Waals surface area contributed by atoms with Crippen molar-refractivity contribution in [1.29, 1.82) is 0 Å². The average molecular weight is 459 g/mol. The molecule has 168 valence electrons. The molecular formula is C25H26N6OS. The maximum absolute atomic E-state index is 12.4. The van der Waals surface area contributed by atoms with Crippen LogP contribution in [0.5, 0.6) is 0 Å². The van der Waals surface area contributed by atoms with Crippen molar-refractivity contribution < 1.29 is 4.79 Å². The van der Waals surface area contributed by atoms with Crippen molar-refractivity contribution >= 4 is 23.4 Å². The van der Waals surface area contributed by atoms with Gasteiger partial charge in [0, 0.05) is 49.5 Å². The second-order valence-corrected chi connectivity index (χ2v) is 8.40. The maximum Gasteiger partial charge on any atom is 0.230 e. The molecule has 4 aromatic rings. The van der Waals surface area contributed by atoms with E-state index in [9.17, 15) is 4.79 Å². The lowest BCUT2D eigenvalue weighted by molar-refractivity contribution is -0.118. The van der Waals surface area contributed by atoms with Gasteiger partial charge in [-0.3, -0.25) is 14.3 Å². The third kappa shape index (κ3) is 5.98. The van der Waals surface area contributed by atoms with Gasteiger partial charge >= 0.3 is 0 Å². The number of pyridine rings is 1. The van der Waals surface area contributed by atoms with E-state index < -0.39 is 0 Å². The zero-order chi connectivity index (χ0) is 22.9. The number of carbonyl (C=O) groups excluding carboxylic acids is 1. The standard InChI is InChI=1S/C25H26N6OS/c1-30(21-9-4-2-5-10-21)18-8-15-27-23(32)19-33-25-29-28-24(20-13-16-26-17-14-20)31(25)22-11-6-3-7-12-22/h2-7,9-14,16-17H,8,15,18-19H2,1H3,(H,27,32). The first kappa shape index (κ1) is 22.5. The molecule has 0 aliphatic heterocycles. The second-order valence-electron chi connectivity index (χ2n) is 7.46. The summed E-state index contributed by atoms with van der Waals surface area (Å²) in [5.74, 6) is 0.974. The van der Waals surface area contributed by atoms with Gasteiger partial charge in [-0.05, 0) is 42.8 Å². The monoisotopic (exact) mass is 458 g/mol. The number of anilines is 1. The number of nitrogens with zero attached hydrogens (tertiary/aromatic N) is 5. The van der Waals surface area contributed by atoms with E-state index >= 15 is 0 Å². The van der Waals surface area contributed by atoms with E-state index in [2.05, 4.69) is 44.6 Å². The van der Waals surface area contributed by atoms with Gasteiger partial charge in [-0.2, -0.15) is 0 Å². The Morgan fingerprint density at radius 3 is 2.39 bits per heavy atom. The summed E-state index contributed by atoms with van der Waals surface area (Å²) in [5, 5.41) is 12.4. The number of aromatic nitrogens is 4. The van der Waals surface area contributed by atoms with Gasteiger partial charge in [0.1, 0.15) is 0 Å². The molecule has 0 fully saturated rings. The highest BCUT2D eigenvalue weighted by atomic mass is 32.2. The lowest BCUT2D eigenvalue weighted by Gasteiger charge is -2.19. The zero-order valence-electron chi connectivity index (χ0n) is 18.5. The topological polar surface area (TPSA) is 75.9 Å². The van der Waals surface area contributed by atoms with Crippen LogP contribution in [0.3, 0.4) is 0 Å². The normalized spacial score (nSPS) is 10.7. The highest BCUT2D eigenvalue weighted by Gasteiger charge is 2.17. The van der Waals surface area contributed by atoms with Gasteiger partial charge in [0.15, 0.2) is 11.0 Å². The van der Waals surface area contributed by atoms with Crippen molar-refractivity contribution in [2.45, 2.75) is 11.6 Å². The Kier molecular flexibility index (Phi) is 7.71. The number of hydrogen-bond acceptors (Lipinski definition) is 6. The molecule has 0 aliphatic carbocycles. The third-order valence-electron chi connectivity index (χ3n) is 5.11. The van der Waals surface area contributed by atoms with E-state index in [0.29, 0.717) is 11.7 Å². The SMILES string of the molecule is CN(CCCNC(=O)CSc1nnc(-c2ccncc2)n1-c1ccccc1)c1ccccc1. The molecule has 2 aromatic carbocycles. The summed E-state index contributed by atoms with van der Waals surface area (Å²) in [6.07, 6.45) is 4.33. The number of nitrogens with one attached hydrogen (secondary N) is 1. The summed E-state index contributed by atoms with van der Waals surface area (Å²) in [5.41, 5.74) is 3.03. The molecule has 0 bridgehead atoms. The van der Waals surface area contributed by atoms with Crippen LogP contribution in [0.1, 0.15) is 6.42 Å². The molecule has 7 nitrogen and oxygen atoms in total. The van der Waals surface area contributed by atoms with Crippen LogP contribution in [0, 0.1) is 0 Å². The van der Waals surface area contributed by atoms with Crippen molar-refractivity contribution in [2.24, 2.45) is 0 Å². The largest absolute Gasteiger partial charge is 0.375 e. The van der Waals surface area contributed by atoms with E-state index in [1.807, 2.05) is 65.2 Å². The number of amides is 1. The van der Waals surface area contributed by atoms with Crippen molar-refractivity contribution in [1.82, 2.24) is 25.1 Å². The molecule has 2 aromatic heterocycles. The van der Waals surface area contributed by atoms with Crippen molar-refractivity contribution in [3.05, 3.63) is 85.2 Å². The summed E-state index contributed by atoms with van der Waals surface area (Å²) < 4.78 is 1.97.